The summed E-state index contributed by atoms with van der Waals surface area (Å²) in [5.74, 6) is -1.53. The van der Waals surface area contributed by atoms with Crippen molar-refractivity contribution in [3.8, 4) is 0 Å². The van der Waals surface area contributed by atoms with Gasteiger partial charge in [0.1, 0.15) is 5.00 Å². The maximum absolute atomic E-state index is 12.1. The summed E-state index contributed by atoms with van der Waals surface area (Å²) in [5.41, 5.74) is 0.338. The largest absolute Gasteiger partial charge is 0.478 e. The summed E-state index contributed by atoms with van der Waals surface area (Å²) in [5, 5.41) is 13.7. The van der Waals surface area contributed by atoms with E-state index in [4.69, 9.17) is 16.7 Å². The molecule has 0 aliphatic carbocycles. The highest BCUT2D eigenvalue weighted by molar-refractivity contribution is 9.10. The van der Waals surface area contributed by atoms with Crippen LogP contribution in [0.2, 0.25) is 5.02 Å². The number of benzene rings is 1. The number of thiophene rings is 1. The van der Waals surface area contributed by atoms with Gasteiger partial charge in [-0.25, -0.2) is 4.79 Å². The predicted molar refractivity (Wildman–Crippen MR) is 78.4 cm³/mol. The molecule has 7 heteroatoms. The Morgan fingerprint density at radius 1 is 1.26 bits per heavy atom. The van der Waals surface area contributed by atoms with Crippen LogP contribution in [0.15, 0.2) is 34.1 Å². The van der Waals surface area contributed by atoms with Crippen LogP contribution in [0.1, 0.15) is 20.7 Å². The molecule has 19 heavy (non-hydrogen) atoms. The fourth-order valence-electron chi connectivity index (χ4n) is 1.42. The number of nitrogens with one attached hydrogen (secondary N) is 1. The van der Waals surface area contributed by atoms with Crippen LogP contribution in [0.3, 0.4) is 0 Å². The monoisotopic (exact) mass is 359 g/mol. The molecule has 0 saturated carbocycles. The van der Waals surface area contributed by atoms with Crippen LogP contribution in [0.4, 0.5) is 5.00 Å². The zero-order valence-corrected chi connectivity index (χ0v) is 12.5. The lowest BCUT2D eigenvalue weighted by atomic mass is 10.2. The summed E-state index contributed by atoms with van der Waals surface area (Å²) >= 11 is 10.4. The Morgan fingerprint density at radius 2 is 2.00 bits per heavy atom. The highest BCUT2D eigenvalue weighted by Crippen LogP contribution is 2.28. The number of carbonyl (C=O) groups excluding carboxylic acids is 1. The first kappa shape index (κ1) is 14.0. The van der Waals surface area contributed by atoms with Gasteiger partial charge >= 0.3 is 5.97 Å². The van der Waals surface area contributed by atoms with Crippen LogP contribution in [-0.2, 0) is 0 Å². The average molecular weight is 361 g/mol. The van der Waals surface area contributed by atoms with Crippen molar-refractivity contribution in [2.45, 2.75) is 0 Å². The Kier molecular flexibility index (Phi) is 4.24. The summed E-state index contributed by atoms with van der Waals surface area (Å²) in [4.78, 5) is 23.0. The fraction of sp³-hybridized carbons (Fsp3) is 0. The van der Waals surface area contributed by atoms with E-state index in [9.17, 15) is 9.59 Å². The first-order chi connectivity index (χ1) is 9.00. The highest BCUT2D eigenvalue weighted by Gasteiger charge is 2.17. The molecule has 2 rings (SSSR count). The number of amides is 1. The molecule has 0 saturated heterocycles. The number of anilines is 1. The third-order valence-corrected chi connectivity index (χ3v) is 4.45. The molecule has 0 fully saturated rings. The van der Waals surface area contributed by atoms with Crippen LogP contribution in [0.5, 0.6) is 0 Å². The fourth-order valence-corrected chi connectivity index (χ4v) is 2.78. The first-order valence-electron chi connectivity index (χ1n) is 5.07. The smallest absolute Gasteiger partial charge is 0.338 e. The number of carbonyl (C=O) groups is 2. The van der Waals surface area contributed by atoms with Crippen LogP contribution >= 0.6 is 38.9 Å². The van der Waals surface area contributed by atoms with Gasteiger partial charge in [-0.1, -0.05) is 17.7 Å². The lowest BCUT2D eigenvalue weighted by molar-refractivity contribution is 0.0698. The van der Waals surface area contributed by atoms with Crippen LogP contribution in [-0.4, -0.2) is 17.0 Å². The lowest BCUT2D eigenvalue weighted by Crippen LogP contribution is -2.13. The summed E-state index contributed by atoms with van der Waals surface area (Å²) in [6.07, 6.45) is 0. The molecular formula is C12H7BrClNO3S. The van der Waals surface area contributed by atoms with Crippen molar-refractivity contribution in [2.75, 3.05) is 5.32 Å². The number of carboxylic acids is 1. The second kappa shape index (κ2) is 5.73. The average Bonchev–Trinajstić information content (AvgIpc) is 2.80. The number of hydrogen-bond donors (Lipinski definition) is 2. The molecule has 0 bridgehead atoms. The van der Waals surface area contributed by atoms with Gasteiger partial charge in [-0.2, -0.15) is 0 Å². The summed E-state index contributed by atoms with van der Waals surface area (Å²) in [6, 6.07) is 6.39. The quantitative estimate of drug-likeness (QED) is 0.865. The molecule has 1 aromatic heterocycles. The van der Waals surface area contributed by atoms with Crippen molar-refractivity contribution in [1.82, 2.24) is 0 Å². The van der Waals surface area contributed by atoms with Crippen LogP contribution in [0, 0.1) is 0 Å². The van der Waals surface area contributed by atoms with Crippen molar-refractivity contribution in [3.05, 3.63) is 50.3 Å². The van der Waals surface area contributed by atoms with E-state index in [0.29, 0.717) is 4.47 Å². The van der Waals surface area contributed by atoms with Crippen molar-refractivity contribution in [1.29, 1.82) is 0 Å². The third kappa shape index (κ3) is 2.97. The minimum atomic E-state index is -1.09. The summed E-state index contributed by atoms with van der Waals surface area (Å²) in [6.45, 7) is 0. The summed E-state index contributed by atoms with van der Waals surface area (Å²) in [7, 11) is 0. The molecular weight excluding hydrogens is 354 g/mol. The normalized spacial score (nSPS) is 10.2. The molecule has 2 N–H and O–H groups in total. The molecule has 0 aliphatic rings. The number of rotatable bonds is 3. The standard InChI is InChI=1S/C12H7BrClNO3S/c13-8-3-1-2-6(9(8)14)10(16)15-11-7(12(17)18)4-5-19-11/h1-5H,(H,15,16)(H,17,18). The zero-order chi connectivity index (χ0) is 14.0. The summed E-state index contributed by atoms with van der Waals surface area (Å²) < 4.78 is 0.603. The molecule has 1 amide bonds. The van der Waals surface area contributed by atoms with Gasteiger partial charge in [0.05, 0.1) is 16.1 Å². The predicted octanol–water partition coefficient (Wildman–Crippen LogP) is 4.11. The second-order valence-corrected chi connectivity index (χ2v) is 5.67. The molecule has 0 spiro atoms. The lowest BCUT2D eigenvalue weighted by Gasteiger charge is -2.07. The van der Waals surface area contributed by atoms with E-state index in [2.05, 4.69) is 21.2 Å². The SMILES string of the molecule is O=C(O)c1ccsc1NC(=O)c1cccc(Br)c1Cl. The minimum Gasteiger partial charge on any atom is -0.478 e. The van der Waals surface area contributed by atoms with Gasteiger partial charge in [-0.3, -0.25) is 4.79 Å². The number of halogens is 2. The van der Waals surface area contributed by atoms with Crippen molar-refractivity contribution in [2.24, 2.45) is 0 Å². The van der Waals surface area contributed by atoms with Crippen LogP contribution in [0.25, 0.3) is 0 Å². The number of aromatic carboxylic acids is 1. The number of carboxylic acid groups (broad SMARTS) is 1. The minimum absolute atomic E-state index is 0.0597. The molecule has 2 aromatic rings. The van der Waals surface area contributed by atoms with E-state index < -0.39 is 11.9 Å². The molecule has 0 unspecified atom stereocenters. The zero-order valence-electron chi connectivity index (χ0n) is 9.31. The molecule has 4 nitrogen and oxygen atoms in total. The van der Waals surface area contributed by atoms with E-state index in [-0.39, 0.29) is 21.2 Å². The van der Waals surface area contributed by atoms with Gasteiger partial charge in [0.15, 0.2) is 0 Å². The van der Waals surface area contributed by atoms with Gasteiger partial charge in [0, 0.05) is 4.47 Å². The van der Waals surface area contributed by atoms with Gasteiger partial charge < -0.3 is 10.4 Å². The van der Waals surface area contributed by atoms with E-state index in [0.717, 1.165) is 11.3 Å². The maximum atomic E-state index is 12.1. The molecule has 98 valence electrons. The number of hydrogen-bond acceptors (Lipinski definition) is 3. The molecule has 0 atom stereocenters. The Balaban J connectivity index is 2.29. The Labute approximate surface area is 126 Å². The topological polar surface area (TPSA) is 66.4 Å². The van der Waals surface area contributed by atoms with E-state index in [1.54, 1.807) is 23.6 Å². The maximum Gasteiger partial charge on any atom is 0.338 e. The Morgan fingerprint density at radius 3 is 2.68 bits per heavy atom. The highest BCUT2D eigenvalue weighted by atomic mass is 79.9. The Bertz CT molecular complexity index is 656. The van der Waals surface area contributed by atoms with Crippen molar-refractivity contribution in [3.63, 3.8) is 0 Å². The van der Waals surface area contributed by atoms with E-state index in [1.807, 2.05) is 0 Å². The van der Waals surface area contributed by atoms with E-state index in [1.165, 1.54) is 6.07 Å². The van der Waals surface area contributed by atoms with Gasteiger partial charge in [0.2, 0.25) is 0 Å². The second-order valence-electron chi connectivity index (χ2n) is 3.52. The van der Waals surface area contributed by atoms with Crippen LogP contribution < -0.4 is 5.32 Å². The van der Waals surface area contributed by atoms with Gasteiger partial charge in [-0.15, -0.1) is 11.3 Å². The van der Waals surface area contributed by atoms with Gasteiger partial charge in [0.25, 0.3) is 5.91 Å². The molecule has 0 aliphatic heterocycles. The van der Waals surface area contributed by atoms with Crippen molar-refractivity contribution < 1.29 is 14.7 Å². The first-order valence-corrected chi connectivity index (χ1v) is 7.12. The van der Waals surface area contributed by atoms with Crippen molar-refractivity contribution >= 4 is 55.7 Å². The third-order valence-electron chi connectivity index (χ3n) is 2.32. The molecule has 0 radical (unpaired) electrons. The van der Waals surface area contributed by atoms with Gasteiger partial charge in [-0.05, 0) is 39.5 Å². The molecule has 1 aromatic carbocycles. The Hall–Kier alpha value is -1.37. The molecule has 1 heterocycles. The van der Waals surface area contributed by atoms with E-state index >= 15 is 0 Å².